The number of anilines is 2. The smallest absolute Gasteiger partial charge is 0.315 e. The fourth-order valence-electron chi connectivity index (χ4n) is 2.48. The molecule has 2 rings (SSSR count). The first-order chi connectivity index (χ1) is 10.2. The van der Waals surface area contributed by atoms with E-state index in [1.165, 1.54) is 0 Å². The molecule has 116 valence electrons. The van der Waals surface area contributed by atoms with E-state index in [0.717, 1.165) is 38.8 Å². The van der Waals surface area contributed by atoms with Gasteiger partial charge in [0.15, 0.2) is 0 Å². The van der Waals surface area contributed by atoms with Gasteiger partial charge in [-0.3, -0.25) is 10.1 Å². The molecule has 0 amide bonds. The number of para-hydroxylation sites is 1. The molecule has 1 aliphatic rings. The number of rotatable bonds is 7. The summed E-state index contributed by atoms with van der Waals surface area (Å²) in [7, 11) is 0. The monoisotopic (exact) mass is 293 g/mol. The molecule has 0 bridgehead atoms. The topological polar surface area (TPSA) is 76.4 Å². The number of nitrogens with one attached hydrogen (secondary N) is 2. The van der Waals surface area contributed by atoms with Crippen LogP contribution in [0.1, 0.15) is 32.6 Å². The molecule has 0 aromatic heterocycles. The van der Waals surface area contributed by atoms with E-state index in [2.05, 4.69) is 10.6 Å². The molecule has 1 fully saturated rings. The third-order valence-corrected chi connectivity index (χ3v) is 3.58. The third kappa shape index (κ3) is 4.32. The fraction of sp³-hybridized carbons (Fsp3) is 0.600. The van der Waals surface area contributed by atoms with Crippen molar-refractivity contribution in [2.45, 2.75) is 38.7 Å². The van der Waals surface area contributed by atoms with Crippen LogP contribution >= 0.6 is 0 Å². The number of benzene rings is 1. The van der Waals surface area contributed by atoms with Gasteiger partial charge >= 0.3 is 5.69 Å². The maximum Gasteiger partial charge on any atom is 0.315 e. The Bertz CT molecular complexity index is 473. The van der Waals surface area contributed by atoms with Crippen LogP contribution in [0, 0.1) is 10.1 Å². The molecule has 0 spiro atoms. The van der Waals surface area contributed by atoms with Crippen molar-refractivity contribution in [3.05, 3.63) is 28.3 Å². The zero-order valence-corrected chi connectivity index (χ0v) is 12.4. The van der Waals surface area contributed by atoms with Crippen LogP contribution in [-0.2, 0) is 4.74 Å². The molecular weight excluding hydrogens is 270 g/mol. The van der Waals surface area contributed by atoms with Crippen LogP contribution in [0.4, 0.5) is 17.1 Å². The molecule has 1 aromatic rings. The second-order valence-electron chi connectivity index (χ2n) is 5.26. The summed E-state index contributed by atoms with van der Waals surface area (Å²) in [5.41, 5.74) is 1.23. The molecule has 6 heteroatoms. The lowest BCUT2D eigenvalue weighted by molar-refractivity contribution is -0.383. The van der Waals surface area contributed by atoms with Crippen molar-refractivity contribution in [3.63, 3.8) is 0 Å². The Labute approximate surface area is 125 Å². The largest absolute Gasteiger partial charge is 0.379 e. The number of hydrogen-bond donors (Lipinski definition) is 2. The van der Waals surface area contributed by atoms with Crippen LogP contribution in [0.2, 0.25) is 0 Å². The van der Waals surface area contributed by atoms with Crippen molar-refractivity contribution < 1.29 is 9.66 Å². The van der Waals surface area contributed by atoms with Gasteiger partial charge in [0, 0.05) is 19.7 Å². The number of ether oxygens (including phenoxy) is 1. The molecule has 1 aromatic carbocycles. The van der Waals surface area contributed by atoms with Gasteiger partial charge in [-0.05, 0) is 37.8 Å². The van der Waals surface area contributed by atoms with Crippen LogP contribution in [0.5, 0.6) is 0 Å². The van der Waals surface area contributed by atoms with E-state index in [9.17, 15) is 10.1 Å². The Balaban J connectivity index is 2.07. The van der Waals surface area contributed by atoms with Crippen molar-refractivity contribution >= 4 is 17.1 Å². The van der Waals surface area contributed by atoms with Gasteiger partial charge in [0.1, 0.15) is 11.4 Å². The molecule has 6 nitrogen and oxygen atoms in total. The van der Waals surface area contributed by atoms with Gasteiger partial charge in [-0.15, -0.1) is 0 Å². The molecule has 2 N–H and O–H groups in total. The van der Waals surface area contributed by atoms with E-state index >= 15 is 0 Å². The zero-order chi connectivity index (χ0) is 15.1. The molecule has 1 heterocycles. The zero-order valence-electron chi connectivity index (χ0n) is 12.4. The number of hydrogen-bond acceptors (Lipinski definition) is 5. The standard InChI is InChI=1S/C15H23N3O3/c1-2-9-16-13-7-5-8-14(15(13)18(19)20)17-11-12-6-3-4-10-21-12/h5,7-8,12,16-17H,2-4,6,9-11H2,1H3. The van der Waals surface area contributed by atoms with Crippen molar-refractivity contribution in [2.24, 2.45) is 0 Å². The minimum Gasteiger partial charge on any atom is -0.379 e. The van der Waals surface area contributed by atoms with E-state index in [1.54, 1.807) is 12.1 Å². The van der Waals surface area contributed by atoms with Gasteiger partial charge in [-0.25, -0.2) is 0 Å². The molecule has 1 unspecified atom stereocenters. The lowest BCUT2D eigenvalue weighted by Crippen LogP contribution is -2.27. The molecule has 1 atom stereocenters. The highest BCUT2D eigenvalue weighted by Gasteiger charge is 2.21. The molecule has 0 radical (unpaired) electrons. The average Bonchev–Trinajstić information content (AvgIpc) is 2.51. The minimum atomic E-state index is -0.331. The first kappa shape index (κ1) is 15.6. The van der Waals surface area contributed by atoms with E-state index in [4.69, 9.17) is 4.74 Å². The summed E-state index contributed by atoms with van der Waals surface area (Å²) in [6.45, 7) is 4.14. The highest BCUT2D eigenvalue weighted by atomic mass is 16.6. The summed E-state index contributed by atoms with van der Waals surface area (Å²) in [5, 5.41) is 17.6. The van der Waals surface area contributed by atoms with E-state index in [1.807, 2.05) is 13.0 Å². The van der Waals surface area contributed by atoms with Crippen LogP contribution in [0.15, 0.2) is 18.2 Å². The summed E-state index contributed by atoms with van der Waals surface area (Å²) in [5.74, 6) is 0. The highest BCUT2D eigenvalue weighted by Crippen LogP contribution is 2.33. The summed E-state index contributed by atoms with van der Waals surface area (Å²) < 4.78 is 5.65. The lowest BCUT2D eigenvalue weighted by Gasteiger charge is -2.23. The van der Waals surface area contributed by atoms with E-state index in [0.29, 0.717) is 17.9 Å². The fourth-order valence-corrected chi connectivity index (χ4v) is 2.48. The number of nitro groups is 1. The molecule has 1 saturated heterocycles. The van der Waals surface area contributed by atoms with E-state index in [-0.39, 0.29) is 16.7 Å². The predicted molar refractivity (Wildman–Crippen MR) is 84.0 cm³/mol. The Morgan fingerprint density at radius 1 is 1.33 bits per heavy atom. The molecule has 21 heavy (non-hydrogen) atoms. The van der Waals surface area contributed by atoms with Gasteiger partial charge in [-0.2, -0.15) is 0 Å². The molecule has 1 aliphatic heterocycles. The third-order valence-electron chi connectivity index (χ3n) is 3.58. The summed E-state index contributed by atoms with van der Waals surface area (Å²) in [6.07, 6.45) is 4.34. The van der Waals surface area contributed by atoms with Crippen molar-refractivity contribution in [1.29, 1.82) is 0 Å². The van der Waals surface area contributed by atoms with Crippen molar-refractivity contribution in [2.75, 3.05) is 30.3 Å². The Morgan fingerprint density at radius 2 is 2.10 bits per heavy atom. The van der Waals surface area contributed by atoms with Crippen LogP contribution in [0.3, 0.4) is 0 Å². The van der Waals surface area contributed by atoms with Gasteiger partial charge in [0.25, 0.3) is 0 Å². The van der Waals surface area contributed by atoms with Gasteiger partial charge in [0.2, 0.25) is 0 Å². The SMILES string of the molecule is CCCNc1cccc(NCC2CCCCO2)c1[N+](=O)[O-]. The second kappa shape index (κ2) is 7.83. The lowest BCUT2D eigenvalue weighted by atomic mass is 10.1. The minimum absolute atomic E-state index is 0.113. The van der Waals surface area contributed by atoms with Gasteiger partial charge < -0.3 is 15.4 Å². The Hall–Kier alpha value is -1.82. The molecule has 0 aliphatic carbocycles. The number of nitro benzene ring substituents is 1. The maximum absolute atomic E-state index is 11.4. The van der Waals surface area contributed by atoms with Crippen LogP contribution in [-0.4, -0.2) is 30.7 Å². The van der Waals surface area contributed by atoms with Crippen LogP contribution in [0.25, 0.3) is 0 Å². The Morgan fingerprint density at radius 3 is 2.71 bits per heavy atom. The molecular formula is C15H23N3O3. The highest BCUT2D eigenvalue weighted by molar-refractivity contribution is 5.76. The quantitative estimate of drug-likeness (QED) is 0.595. The second-order valence-corrected chi connectivity index (χ2v) is 5.26. The average molecular weight is 293 g/mol. The normalized spacial score (nSPS) is 18.2. The van der Waals surface area contributed by atoms with Crippen molar-refractivity contribution in [1.82, 2.24) is 0 Å². The van der Waals surface area contributed by atoms with E-state index < -0.39 is 0 Å². The summed E-state index contributed by atoms with van der Waals surface area (Å²) in [6, 6.07) is 5.32. The summed E-state index contributed by atoms with van der Waals surface area (Å²) in [4.78, 5) is 11.0. The Kier molecular flexibility index (Phi) is 5.80. The van der Waals surface area contributed by atoms with Crippen LogP contribution < -0.4 is 10.6 Å². The first-order valence-electron chi connectivity index (χ1n) is 7.59. The number of nitrogens with zero attached hydrogens (tertiary/aromatic N) is 1. The summed E-state index contributed by atoms with van der Waals surface area (Å²) >= 11 is 0. The van der Waals surface area contributed by atoms with Gasteiger partial charge in [-0.1, -0.05) is 13.0 Å². The van der Waals surface area contributed by atoms with Crippen molar-refractivity contribution in [3.8, 4) is 0 Å². The predicted octanol–water partition coefficient (Wildman–Crippen LogP) is 3.40. The van der Waals surface area contributed by atoms with Gasteiger partial charge in [0.05, 0.1) is 11.0 Å². The molecule has 0 saturated carbocycles. The maximum atomic E-state index is 11.4. The first-order valence-corrected chi connectivity index (χ1v) is 7.59.